The number of hydrogen-bond acceptors (Lipinski definition) is 5. The summed E-state index contributed by atoms with van der Waals surface area (Å²) in [6.07, 6.45) is 0. The lowest BCUT2D eigenvalue weighted by Crippen LogP contribution is -2.35. The van der Waals surface area contributed by atoms with E-state index >= 15 is 0 Å². The molecule has 0 spiro atoms. The Kier molecular flexibility index (Phi) is 6.12. The molecule has 8 heteroatoms. The molecule has 1 aliphatic heterocycles. The second-order valence-corrected chi connectivity index (χ2v) is 7.62. The van der Waals surface area contributed by atoms with Crippen molar-refractivity contribution in [1.29, 1.82) is 0 Å². The molecule has 0 bridgehead atoms. The minimum absolute atomic E-state index is 0.375. The van der Waals surface area contributed by atoms with E-state index in [-0.39, 0.29) is 0 Å². The minimum Gasteiger partial charge on any atom is -0.488 e. The van der Waals surface area contributed by atoms with Crippen LogP contribution < -0.4 is 4.74 Å². The number of nitrogens with zero attached hydrogens (tertiary/aromatic N) is 3. The van der Waals surface area contributed by atoms with Gasteiger partial charge in [0.2, 0.25) is 0 Å². The first-order chi connectivity index (χ1) is 12.0. The quantitative estimate of drug-likeness (QED) is 0.665. The van der Waals surface area contributed by atoms with Crippen molar-refractivity contribution in [2.24, 2.45) is 10.2 Å². The standard InChI is InChI=1S/C17H14Cl3N3OS/c1-23-9-12(10-24-13-4-2-11(18)3-5-13)21-22-17(23)25-14-6-7-15(19)16(20)8-14/h2-8H,9-10H2,1H3. The van der Waals surface area contributed by atoms with E-state index in [1.165, 1.54) is 11.8 Å². The van der Waals surface area contributed by atoms with E-state index in [1.54, 1.807) is 18.2 Å². The maximum absolute atomic E-state index is 6.05. The number of halogens is 3. The van der Waals surface area contributed by atoms with Crippen LogP contribution in [-0.4, -0.2) is 36.0 Å². The second-order valence-electron chi connectivity index (χ2n) is 5.33. The first-order valence-electron chi connectivity index (χ1n) is 7.37. The lowest BCUT2D eigenvalue weighted by Gasteiger charge is -2.23. The third-order valence-electron chi connectivity index (χ3n) is 3.34. The Balaban J connectivity index is 1.63. The fraction of sp³-hybridized carbons (Fsp3) is 0.176. The number of hydrogen-bond donors (Lipinski definition) is 0. The highest BCUT2D eigenvalue weighted by Gasteiger charge is 2.17. The summed E-state index contributed by atoms with van der Waals surface area (Å²) in [6, 6.07) is 12.7. The summed E-state index contributed by atoms with van der Waals surface area (Å²) in [7, 11) is 1.96. The highest BCUT2D eigenvalue weighted by atomic mass is 35.5. The van der Waals surface area contributed by atoms with Crippen LogP contribution in [0.4, 0.5) is 0 Å². The van der Waals surface area contributed by atoms with Gasteiger partial charge in [-0.25, -0.2) is 0 Å². The number of ether oxygens (including phenoxy) is 1. The van der Waals surface area contributed by atoms with Crippen molar-refractivity contribution in [3.63, 3.8) is 0 Å². The lowest BCUT2D eigenvalue weighted by atomic mass is 10.3. The Bertz CT molecular complexity index is 824. The molecule has 25 heavy (non-hydrogen) atoms. The van der Waals surface area contributed by atoms with Gasteiger partial charge in [0, 0.05) is 17.0 Å². The van der Waals surface area contributed by atoms with Crippen molar-refractivity contribution in [2.45, 2.75) is 4.90 Å². The summed E-state index contributed by atoms with van der Waals surface area (Å²) in [5.41, 5.74) is 0.843. The fourth-order valence-corrected chi connectivity index (χ4v) is 3.39. The van der Waals surface area contributed by atoms with Crippen molar-refractivity contribution < 1.29 is 4.74 Å². The van der Waals surface area contributed by atoms with E-state index < -0.39 is 0 Å². The molecule has 4 nitrogen and oxygen atoms in total. The molecule has 0 unspecified atom stereocenters. The number of thioether (sulfide) groups is 1. The highest BCUT2D eigenvalue weighted by Crippen LogP contribution is 2.29. The summed E-state index contributed by atoms with van der Waals surface area (Å²) in [4.78, 5) is 2.97. The zero-order valence-electron chi connectivity index (χ0n) is 13.2. The molecule has 2 aromatic carbocycles. The van der Waals surface area contributed by atoms with Crippen molar-refractivity contribution in [3.05, 3.63) is 57.5 Å². The largest absolute Gasteiger partial charge is 0.488 e. The molecular weight excluding hydrogens is 401 g/mol. The van der Waals surface area contributed by atoms with Crippen LogP contribution in [-0.2, 0) is 0 Å². The fourth-order valence-electron chi connectivity index (χ4n) is 2.08. The van der Waals surface area contributed by atoms with Gasteiger partial charge in [-0.1, -0.05) is 46.6 Å². The van der Waals surface area contributed by atoms with Crippen LogP contribution >= 0.6 is 46.6 Å². The molecule has 0 saturated carbocycles. The lowest BCUT2D eigenvalue weighted by molar-refractivity contribution is 0.369. The predicted molar refractivity (Wildman–Crippen MR) is 107 cm³/mol. The van der Waals surface area contributed by atoms with Gasteiger partial charge in [-0.2, -0.15) is 5.10 Å². The van der Waals surface area contributed by atoms with Crippen LogP contribution in [0.3, 0.4) is 0 Å². The van der Waals surface area contributed by atoms with Crippen molar-refractivity contribution in [2.75, 3.05) is 20.2 Å². The molecule has 0 amide bonds. The molecule has 2 aromatic rings. The van der Waals surface area contributed by atoms with E-state index in [0.29, 0.717) is 28.2 Å². The van der Waals surface area contributed by atoms with Crippen LogP contribution in [0.25, 0.3) is 0 Å². The van der Waals surface area contributed by atoms with Gasteiger partial charge in [0.1, 0.15) is 12.4 Å². The number of rotatable bonds is 4. The SMILES string of the molecule is CN1CC(COc2ccc(Cl)cc2)=NN=C1Sc1ccc(Cl)c(Cl)c1. The maximum atomic E-state index is 6.05. The summed E-state index contributed by atoms with van der Waals surface area (Å²) in [6.45, 7) is 1.01. The van der Waals surface area contributed by atoms with Crippen LogP contribution in [0.1, 0.15) is 0 Å². The topological polar surface area (TPSA) is 37.2 Å². The molecule has 1 aliphatic rings. The Labute approximate surface area is 165 Å². The Morgan fingerprint density at radius 2 is 1.80 bits per heavy atom. The van der Waals surface area contributed by atoms with Crippen molar-refractivity contribution >= 4 is 57.4 Å². The van der Waals surface area contributed by atoms with Gasteiger partial charge in [0.25, 0.3) is 0 Å². The third kappa shape index (κ3) is 5.05. The number of amidine groups is 1. The van der Waals surface area contributed by atoms with Crippen molar-refractivity contribution in [1.82, 2.24) is 4.90 Å². The summed E-state index contributed by atoms with van der Waals surface area (Å²) in [5.74, 6) is 0.745. The van der Waals surface area contributed by atoms with E-state index in [2.05, 4.69) is 10.2 Å². The second kappa shape index (κ2) is 8.32. The molecule has 0 N–H and O–H groups in total. The molecule has 0 saturated heterocycles. The van der Waals surface area contributed by atoms with Crippen LogP contribution in [0.15, 0.2) is 57.6 Å². The van der Waals surface area contributed by atoms with Crippen molar-refractivity contribution in [3.8, 4) is 5.75 Å². The monoisotopic (exact) mass is 413 g/mol. The third-order valence-corrected chi connectivity index (χ3v) is 5.40. The van der Waals surface area contributed by atoms with Gasteiger partial charge < -0.3 is 9.64 Å². The average Bonchev–Trinajstić information content (AvgIpc) is 2.60. The van der Waals surface area contributed by atoms with Gasteiger partial charge in [-0.3, -0.25) is 0 Å². The first kappa shape index (κ1) is 18.4. The van der Waals surface area contributed by atoms with E-state index in [4.69, 9.17) is 39.5 Å². The minimum atomic E-state index is 0.375. The molecule has 130 valence electrons. The smallest absolute Gasteiger partial charge is 0.190 e. The average molecular weight is 415 g/mol. The Hall–Kier alpha value is -1.40. The summed E-state index contributed by atoms with van der Waals surface area (Å²) < 4.78 is 5.71. The predicted octanol–water partition coefficient (Wildman–Crippen LogP) is 5.48. The van der Waals surface area contributed by atoms with E-state index in [1.807, 2.05) is 36.2 Å². The maximum Gasteiger partial charge on any atom is 0.190 e. The highest BCUT2D eigenvalue weighted by molar-refractivity contribution is 8.13. The molecule has 3 rings (SSSR count). The zero-order valence-corrected chi connectivity index (χ0v) is 16.3. The molecular formula is C17H14Cl3N3OS. The molecule has 0 radical (unpaired) electrons. The summed E-state index contributed by atoms with van der Waals surface area (Å²) in [5, 5.41) is 11.1. The van der Waals surface area contributed by atoms with Crippen LogP contribution in [0, 0.1) is 0 Å². The number of benzene rings is 2. The molecule has 0 aliphatic carbocycles. The molecule has 1 heterocycles. The van der Waals surface area contributed by atoms with Gasteiger partial charge in [0.15, 0.2) is 5.17 Å². The summed E-state index contributed by atoms with van der Waals surface area (Å²) >= 11 is 19.3. The Morgan fingerprint density at radius 3 is 2.48 bits per heavy atom. The molecule has 0 fully saturated rings. The van der Waals surface area contributed by atoms with Crippen LogP contribution in [0.5, 0.6) is 5.75 Å². The van der Waals surface area contributed by atoms with E-state index in [0.717, 1.165) is 21.5 Å². The van der Waals surface area contributed by atoms with Gasteiger partial charge in [0.05, 0.1) is 22.3 Å². The Morgan fingerprint density at radius 1 is 1.04 bits per heavy atom. The molecule has 0 aromatic heterocycles. The van der Waals surface area contributed by atoms with Gasteiger partial charge in [-0.15, -0.1) is 5.10 Å². The van der Waals surface area contributed by atoms with Crippen LogP contribution in [0.2, 0.25) is 15.1 Å². The van der Waals surface area contributed by atoms with E-state index in [9.17, 15) is 0 Å². The molecule has 0 atom stereocenters. The zero-order chi connectivity index (χ0) is 17.8. The normalized spacial score (nSPS) is 14.2. The first-order valence-corrected chi connectivity index (χ1v) is 9.32. The van der Waals surface area contributed by atoms with Gasteiger partial charge >= 0.3 is 0 Å². The van der Waals surface area contributed by atoms with Gasteiger partial charge in [-0.05, 0) is 42.5 Å².